The standard InChI is InChI=1S/C12H17N3O2/c1-12(2)6-3-4-8-14(12)10-5-7-13-9-11(10)15(16)17/h5,7,9H,3-4,6,8H2,1-2H3. The third-order valence-corrected chi connectivity index (χ3v) is 3.42. The summed E-state index contributed by atoms with van der Waals surface area (Å²) in [6, 6.07) is 1.74. The minimum Gasteiger partial charge on any atom is -0.361 e. The Kier molecular flexibility index (Phi) is 3.00. The second-order valence-electron chi connectivity index (χ2n) is 5.04. The highest BCUT2D eigenvalue weighted by atomic mass is 16.6. The largest absolute Gasteiger partial charge is 0.361 e. The molecule has 2 heterocycles. The van der Waals surface area contributed by atoms with E-state index in [0.717, 1.165) is 19.4 Å². The molecule has 1 saturated heterocycles. The zero-order chi connectivity index (χ0) is 12.5. The number of hydrogen-bond acceptors (Lipinski definition) is 4. The first-order chi connectivity index (χ1) is 8.02. The van der Waals surface area contributed by atoms with E-state index >= 15 is 0 Å². The van der Waals surface area contributed by atoms with Gasteiger partial charge in [0.15, 0.2) is 0 Å². The molecule has 2 rings (SSSR count). The quantitative estimate of drug-likeness (QED) is 0.584. The first kappa shape index (κ1) is 11.8. The number of nitrogens with zero attached hydrogens (tertiary/aromatic N) is 3. The number of pyridine rings is 1. The fourth-order valence-corrected chi connectivity index (χ4v) is 2.46. The topological polar surface area (TPSA) is 59.3 Å². The molecular formula is C12H17N3O2. The van der Waals surface area contributed by atoms with Crippen LogP contribution >= 0.6 is 0 Å². The van der Waals surface area contributed by atoms with Crippen molar-refractivity contribution in [1.82, 2.24) is 4.98 Å². The lowest BCUT2D eigenvalue weighted by molar-refractivity contribution is -0.384. The molecule has 0 saturated carbocycles. The third-order valence-electron chi connectivity index (χ3n) is 3.42. The normalized spacial score (nSPS) is 19.1. The molecule has 0 atom stereocenters. The van der Waals surface area contributed by atoms with Gasteiger partial charge in [-0.3, -0.25) is 15.1 Å². The smallest absolute Gasteiger partial charge is 0.310 e. The van der Waals surface area contributed by atoms with Crippen molar-refractivity contribution in [2.24, 2.45) is 0 Å². The van der Waals surface area contributed by atoms with Gasteiger partial charge in [-0.05, 0) is 39.2 Å². The van der Waals surface area contributed by atoms with E-state index in [1.807, 2.05) is 0 Å². The molecule has 0 amide bonds. The van der Waals surface area contributed by atoms with Crippen molar-refractivity contribution < 1.29 is 4.92 Å². The van der Waals surface area contributed by atoms with Gasteiger partial charge in [0, 0.05) is 18.3 Å². The molecule has 0 aliphatic carbocycles. The second kappa shape index (κ2) is 4.31. The van der Waals surface area contributed by atoms with Gasteiger partial charge in [0.05, 0.1) is 4.92 Å². The van der Waals surface area contributed by atoms with Gasteiger partial charge < -0.3 is 4.90 Å². The Balaban J connectivity index is 2.42. The second-order valence-corrected chi connectivity index (χ2v) is 5.04. The lowest BCUT2D eigenvalue weighted by atomic mass is 9.90. The molecule has 17 heavy (non-hydrogen) atoms. The molecule has 0 aromatic carbocycles. The molecule has 0 radical (unpaired) electrons. The summed E-state index contributed by atoms with van der Waals surface area (Å²) in [6.45, 7) is 5.14. The van der Waals surface area contributed by atoms with Crippen LogP contribution in [0.5, 0.6) is 0 Å². The summed E-state index contributed by atoms with van der Waals surface area (Å²) < 4.78 is 0. The Labute approximate surface area is 101 Å². The van der Waals surface area contributed by atoms with E-state index in [4.69, 9.17) is 0 Å². The van der Waals surface area contributed by atoms with E-state index in [1.165, 1.54) is 12.6 Å². The van der Waals surface area contributed by atoms with Crippen LogP contribution in [-0.2, 0) is 0 Å². The zero-order valence-corrected chi connectivity index (χ0v) is 10.2. The Morgan fingerprint density at radius 1 is 1.47 bits per heavy atom. The van der Waals surface area contributed by atoms with Gasteiger partial charge in [-0.15, -0.1) is 0 Å². The van der Waals surface area contributed by atoms with Crippen LogP contribution in [0.15, 0.2) is 18.5 Å². The van der Waals surface area contributed by atoms with E-state index < -0.39 is 0 Å². The van der Waals surface area contributed by atoms with E-state index in [1.54, 1.807) is 12.3 Å². The fourth-order valence-electron chi connectivity index (χ4n) is 2.46. The lowest BCUT2D eigenvalue weighted by Gasteiger charge is -2.43. The highest BCUT2D eigenvalue weighted by molar-refractivity contribution is 5.63. The van der Waals surface area contributed by atoms with Gasteiger partial charge in [0.25, 0.3) is 0 Å². The molecule has 5 heteroatoms. The van der Waals surface area contributed by atoms with E-state index in [0.29, 0.717) is 5.69 Å². The van der Waals surface area contributed by atoms with Crippen molar-refractivity contribution in [2.75, 3.05) is 11.4 Å². The summed E-state index contributed by atoms with van der Waals surface area (Å²) in [6.07, 6.45) is 6.28. The highest BCUT2D eigenvalue weighted by Crippen LogP contribution is 2.36. The van der Waals surface area contributed by atoms with Gasteiger partial charge in [0.1, 0.15) is 11.9 Å². The van der Waals surface area contributed by atoms with E-state index in [2.05, 4.69) is 23.7 Å². The number of nitro groups is 1. The number of hydrogen-bond donors (Lipinski definition) is 0. The van der Waals surface area contributed by atoms with Crippen LogP contribution in [0.1, 0.15) is 33.1 Å². The first-order valence-electron chi connectivity index (χ1n) is 5.88. The maximum atomic E-state index is 11.0. The van der Waals surface area contributed by atoms with Gasteiger partial charge in [-0.25, -0.2) is 0 Å². The molecule has 1 aromatic heterocycles. The monoisotopic (exact) mass is 235 g/mol. The average molecular weight is 235 g/mol. The van der Waals surface area contributed by atoms with Crippen molar-refractivity contribution in [3.05, 3.63) is 28.6 Å². The minimum atomic E-state index is -0.354. The molecular weight excluding hydrogens is 218 g/mol. The van der Waals surface area contributed by atoms with Crippen molar-refractivity contribution in [1.29, 1.82) is 0 Å². The van der Waals surface area contributed by atoms with E-state index in [9.17, 15) is 10.1 Å². The fraction of sp³-hybridized carbons (Fsp3) is 0.583. The Morgan fingerprint density at radius 2 is 2.24 bits per heavy atom. The zero-order valence-electron chi connectivity index (χ0n) is 10.2. The van der Waals surface area contributed by atoms with Crippen molar-refractivity contribution in [3.63, 3.8) is 0 Å². The summed E-state index contributed by atoms with van der Waals surface area (Å²) >= 11 is 0. The SMILES string of the molecule is CC1(C)CCCCN1c1ccncc1[N+](=O)[O-]. The average Bonchev–Trinajstić information content (AvgIpc) is 2.28. The number of aromatic nitrogens is 1. The van der Waals surface area contributed by atoms with Crippen LogP contribution < -0.4 is 4.90 Å². The van der Waals surface area contributed by atoms with Crippen molar-refractivity contribution in [2.45, 2.75) is 38.6 Å². The van der Waals surface area contributed by atoms with Gasteiger partial charge in [-0.1, -0.05) is 0 Å². The number of rotatable bonds is 2. The maximum absolute atomic E-state index is 11.0. The minimum absolute atomic E-state index is 0.0234. The molecule has 92 valence electrons. The maximum Gasteiger partial charge on any atom is 0.310 e. The van der Waals surface area contributed by atoms with Crippen LogP contribution in [0.2, 0.25) is 0 Å². The summed E-state index contributed by atoms with van der Waals surface area (Å²) in [4.78, 5) is 16.6. The predicted octanol–water partition coefficient (Wildman–Crippen LogP) is 2.76. The number of piperidine rings is 1. The van der Waals surface area contributed by atoms with Crippen LogP contribution in [0.3, 0.4) is 0 Å². The number of anilines is 1. The van der Waals surface area contributed by atoms with Crippen LogP contribution in [0.25, 0.3) is 0 Å². The molecule has 5 nitrogen and oxygen atoms in total. The molecule has 1 aromatic rings. The molecule has 1 fully saturated rings. The van der Waals surface area contributed by atoms with Gasteiger partial charge in [0.2, 0.25) is 0 Å². The summed E-state index contributed by atoms with van der Waals surface area (Å²) in [5.74, 6) is 0. The predicted molar refractivity (Wildman–Crippen MR) is 66.2 cm³/mol. The first-order valence-corrected chi connectivity index (χ1v) is 5.88. The van der Waals surface area contributed by atoms with Gasteiger partial charge >= 0.3 is 5.69 Å². The van der Waals surface area contributed by atoms with Crippen molar-refractivity contribution in [3.8, 4) is 0 Å². The molecule has 1 aliphatic heterocycles. The molecule has 1 aliphatic rings. The molecule has 0 bridgehead atoms. The molecule has 0 spiro atoms. The molecule has 0 N–H and O–H groups in total. The Bertz CT molecular complexity index is 432. The van der Waals surface area contributed by atoms with Crippen LogP contribution in [0, 0.1) is 10.1 Å². The summed E-state index contributed by atoms with van der Waals surface area (Å²) in [5.41, 5.74) is 0.766. The lowest BCUT2D eigenvalue weighted by Crippen LogP contribution is -2.47. The highest BCUT2D eigenvalue weighted by Gasteiger charge is 2.33. The third kappa shape index (κ3) is 2.23. The van der Waals surface area contributed by atoms with Crippen molar-refractivity contribution >= 4 is 11.4 Å². The van der Waals surface area contributed by atoms with Crippen LogP contribution in [-0.4, -0.2) is 22.0 Å². The Morgan fingerprint density at radius 3 is 2.88 bits per heavy atom. The van der Waals surface area contributed by atoms with Crippen LogP contribution in [0.4, 0.5) is 11.4 Å². The summed E-state index contributed by atoms with van der Waals surface area (Å²) in [5, 5.41) is 11.0. The summed E-state index contributed by atoms with van der Waals surface area (Å²) in [7, 11) is 0. The van der Waals surface area contributed by atoms with Gasteiger partial charge in [-0.2, -0.15) is 0 Å². The Hall–Kier alpha value is -1.65. The molecule has 0 unspecified atom stereocenters. The van der Waals surface area contributed by atoms with E-state index in [-0.39, 0.29) is 16.1 Å².